The highest BCUT2D eigenvalue weighted by Gasteiger charge is 2.18. The summed E-state index contributed by atoms with van der Waals surface area (Å²) in [6.07, 6.45) is 5.16. The predicted molar refractivity (Wildman–Crippen MR) is 106 cm³/mol. The average Bonchev–Trinajstić information content (AvgIpc) is 3.27. The highest BCUT2D eigenvalue weighted by molar-refractivity contribution is 5.95. The second kappa shape index (κ2) is 8.87. The molecule has 1 amide bonds. The molecule has 0 unspecified atom stereocenters. The first-order valence-electron chi connectivity index (χ1n) is 8.79. The number of nitrogens with one attached hydrogen (secondary N) is 1. The molecular weight excluding hydrogens is 376 g/mol. The number of aromatic nitrogens is 2. The van der Waals surface area contributed by atoms with Crippen molar-refractivity contribution in [1.29, 1.82) is 0 Å². The Bertz CT molecular complexity index is 1020. The molecule has 1 N–H and O–H groups in total. The van der Waals surface area contributed by atoms with Crippen LogP contribution in [0.3, 0.4) is 0 Å². The Kier molecular flexibility index (Phi) is 6.08. The van der Waals surface area contributed by atoms with E-state index in [1.54, 1.807) is 32.5 Å². The quantitative estimate of drug-likeness (QED) is 0.463. The van der Waals surface area contributed by atoms with E-state index < -0.39 is 4.92 Å². The van der Waals surface area contributed by atoms with E-state index in [9.17, 15) is 14.9 Å². The summed E-state index contributed by atoms with van der Waals surface area (Å²) < 4.78 is 12.0. The fourth-order valence-electron chi connectivity index (χ4n) is 2.89. The van der Waals surface area contributed by atoms with E-state index in [1.165, 1.54) is 29.2 Å². The van der Waals surface area contributed by atoms with Gasteiger partial charge in [0.05, 0.1) is 25.5 Å². The lowest BCUT2D eigenvalue weighted by Gasteiger charge is -2.10. The fraction of sp³-hybridized carbons (Fsp3) is 0.200. The van der Waals surface area contributed by atoms with Gasteiger partial charge < -0.3 is 19.4 Å². The molecule has 0 radical (unpaired) electrons. The van der Waals surface area contributed by atoms with Crippen molar-refractivity contribution in [3.63, 3.8) is 0 Å². The molecule has 9 nitrogen and oxygen atoms in total. The van der Waals surface area contributed by atoms with Crippen LogP contribution in [0.15, 0.2) is 55.1 Å². The molecule has 0 aliphatic carbocycles. The zero-order valence-corrected chi connectivity index (χ0v) is 16.0. The maximum absolute atomic E-state index is 12.4. The third-order valence-corrected chi connectivity index (χ3v) is 4.36. The molecule has 0 saturated carbocycles. The number of ether oxygens (including phenoxy) is 2. The second-order valence-electron chi connectivity index (χ2n) is 6.13. The fourth-order valence-corrected chi connectivity index (χ4v) is 2.89. The number of hydrogen-bond donors (Lipinski definition) is 1. The normalized spacial score (nSPS) is 10.4. The Balaban J connectivity index is 1.68. The van der Waals surface area contributed by atoms with Gasteiger partial charge in [0.15, 0.2) is 11.5 Å². The van der Waals surface area contributed by atoms with Crippen LogP contribution in [0.5, 0.6) is 11.5 Å². The maximum Gasteiger partial charge on any atom is 0.294 e. The number of methoxy groups -OCH3 is 2. The number of carbonyl (C=O) groups is 1. The molecule has 0 aliphatic heterocycles. The third kappa shape index (κ3) is 4.52. The molecule has 3 rings (SSSR count). The van der Waals surface area contributed by atoms with Crippen molar-refractivity contribution < 1.29 is 19.2 Å². The van der Waals surface area contributed by atoms with E-state index in [2.05, 4.69) is 10.3 Å². The first-order valence-corrected chi connectivity index (χ1v) is 8.79. The number of nitro groups is 1. The minimum Gasteiger partial charge on any atom is -0.493 e. The van der Waals surface area contributed by atoms with Gasteiger partial charge in [-0.1, -0.05) is 6.07 Å². The summed E-state index contributed by atoms with van der Waals surface area (Å²) >= 11 is 0. The summed E-state index contributed by atoms with van der Waals surface area (Å²) in [7, 11) is 3.12. The molecule has 0 bridgehead atoms. The van der Waals surface area contributed by atoms with Crippen molar-refractivity contribution in [2.24, 2.45) is 0 Å². The highest BCUT2D eigenvalue weighted by Crippen LogP contribution is 2.27. The SMILES string of the molecule is COc1ccc(CCNC(=O)c2ccc(-n3ccnc3)c([N+](=O)[O-])c2)cc1OC. The molecule has 29 heavy (non-hydrogen) atoms. The van der Waals surface area contributed by atoms with E-state index in [1.807, 2.05) is 12.1 Å². The molecule has 2 aromatic carbocycles. The van der Waals surface area contributed by atoms with Crippen LogP contribution in [0.4, 0.5) is 5.69 Å². The third-order valence-electron chi connectivity index (χ3n) is 4.36. The van der Waals surface area contributed by atoms with Crippen LogP contribution in [0.25, 0.3) is 5.69 Å². The number of benzene rings is 2. The summed E-state index contributed by atoms with van der Waals surface area (Å²) in [6, 6.07) is 9.88. The zero-order chi connectivity index (χ0) is 20.8. The van der Waals surface area contributed by atoms with Crippen molar-refractivity contribution in [3.8, 4) is 17.2 Å². The minimum absolute atomic E-state index is 0.171. The Morgan fingerprint density at radius 1 is 1.17 bits per heavy atom. The lowest BCUT2D eigenvalue weighted by atomic mass is 10.1. The number of nitro benzene ring substituents is 1. The number of rotatable bonds is 8. The van der Waals surface area contributed by atoms with Crippen molar-refractivity contribution in [1.82, 2.24) is 14.9 Å². The number of imidazole rings is 1. The summed E-state index contributed by atoms with van der Waals surface area (Å²) in [5.41, 5.74) is 1.35. The van der Waals surface area contributed by atoms with Crippen LogP contribution in [0.2, 0.25) is 0 Å². The van der Waals surface area contributed by atoms with Gasteiger partial charge in [-0.05, 0) is 36.2 Å². The van der Waals surface area contributed by atoms with Gasteiger partial charge in [0.1, 0.15) is 5.69 Å². The Labute approximate surface area is 167 Å². The molecule has 150 valence electrons. The van der Waals surface area contributed by atoms with Gasteiger partial charge >= 0.3 is 0 Å². The highest BCUT2D eigenvalue weighted by atomic mass is 16.6. The monoisotopic (exact) mass is 396 g/mol. The van der Waals surface area contributed by atoms with Crippen molar-refractivity contribution >= 4 is 11.6 Å². The molecule has 1 heterocycles. The first-order chi connectivity index (χ1) is 14.0. The van der Waals surface area contributed by atoms with Gasteiger partial charge in [0, 0.05) is 30.6 Å². The molecular formula is C20H20N4O5. The van der Waals surface area contributed by atoms with Crippen LogP contribution in [-0.4, -0.2) is 41.1 Å². The van der Waals surface area contributed by atoms with E-state index in [-0.39, 0.29) is 17.2 Å². The van der Waals surface area contributed by atoms with E-state index in [0.717, 1.165) is 5.56 Å². The largest absolute Gasteiger partial charge is 0.493 e. The second-order valence-corrected chi connectivity index (χ2v) is 6.13. The zero-order valence-electron chi connectivity index (χ0n) is 16.0. The molecule has 0 atom stereocenters. The Hall–Kier alpha value is -3.88. The number of nitrogens with zero attached hydrogens (tertiary/aromatic N) is 3. The summed E-state index contributed by atoms with van der Waals surface area (Å²) in [6.45, 7) is 0.366. The lowest BCUT2D eigenvalue weighted by molar-refractivity contribution is -0.384. The maximum atomic E-state index is 12.4. The minimum atomic E-state index is -0.518. The van der Waals surface area contributed by atoms with Crippen LogP contribution in [0, 0.1) is 10.1 Å². The summed E-state index contributed by atoms with van der Waals surface area (Å²) in [5.74, 6) is 0.860. The van der Waals surface area contributed by atoms with Gasteiger partial charge in [-0.2, -0.15) is 0 Å². The van der Waals surface area contributed by atoms with Crippen molar-refractivity contribution in [2.75, 3.05) is 20.8 Å². The lowest BCUT2D eigenvalue weighted by Crippen LogP contribution is -2.25. The van der Waals surface area contributed by atoms with Crippen molar-refractivity contribution in [2.45, 2.75) is 6.42 Å². The van der Waals surface area contributed by atoms with Crippen LogP contribution in [-0.2, 0) is 6.42 Å². The molecule has 0 spiro atoms. The molecule has 3 aromatic rings. The molecule has 0 saturated heterocycles. The summed E-state index contributed by atoms with van der Waals surface area (Å²) in [4.78, 5) is 27.2. The van der Waals surface area contributed by atoms with Gasteiger partial charge in [0.2, 0.25) is 0 Å². The van der Waals surface area contributed by atoms with E-state index in [0.29, 0.717) is 30.2 Å². The van der Waals surface area contributed by atoms with Gasteiger partial charge in [-0.3, -0.25) is 14.9 Å². The number of carbonyl (C=O) groups excluding carboxylic acids is 1. The predicted octanol–water partition coefficient (Wildman–Crippen LogP) is 2.77. The van der Waals surface area contributed by atoms with E-state index in [4.69, 9.17) is 9.47 Å². The number of hydrogen-bond acceptors (Lipinski definition) is 6. The Morgan fingerprint density at radius 2 is 1.97 bits per heavy atom. The van der Waals surface area contributed by atoms with Crippen LogP contribution in [0.1, 0.15) is 15.9 Å². The topological polar surface area (TPSA) is 109 Å². The van der Waals surface area contributed by atoms with Gasteiger partial charge in [-0.15, -0.1) is 0 Å². The first kappa shape index (κ1) is 19.9. The van der Waals surface area contributed by atoms with Gasteiger partial charge in [-0.25, -0.2) is 4.98 Å². The van der Waals surface area contributed by atoms with Gasteiger partial charge in [0.25, 0.3) is 11.6 Å². The number of amides is 1. The van der Waals surface area contributed by atoms with E-state index >= 15 is 0 Å². The smallest absolute Gasteiger partial charge is 0.294 e. The van der Waals surface area contributed by atoms with Crippen molar-refractivity contribution in [3.05, 3.63) is 76.4 Å². The molecule has 1 aromatic heterocycles. The molecule has 9 heteroatoms. The summed E-state index contributed by atoms with van der Waals surface area (Å²) in [5, 5.41) is 14.2. The molecule has 0 fully saturated rings. The van der Waals surface area contributed by atoms with Crippen LogP contribution >= 0.6 is 0 Å². The standard InChI is InChI=1S/C20H20N4O5/c1-28-18-6-3-14(11-19(18)29-2)7-8-22-20(25)15-4-5-16(17(12-15)24(26)27)23-10-9-21-13-23/h3-6,9-13H,7-8H2,1-2H3,(H,22,25). The average molecular weight is 396 g/mol. The Morgan fingerprint density at radius 3 is 2.62 bits per heavy atom. The molecule has 0 aliphatic rings. The van der Waals surface area contributed by atoms with Crippen LogP contribution < -0.4 is 14.8 Å².